The van der Waals surface area contributed by atoms with Gasteiger partial charge in [-0.05, 0) is 36.4 Å². The molecule has 0 atom stereocenters. The number of nitrogens with one attached hydrogen (secondary N) is 1. The molecule has 0 aliphatic carbocycles. The van der Waals surface area contributed by atoms with Crippen molar-refractivity contribution in [3.63, 3.8) is 0 Å². The van der Waals surface area contributed by atoms with Crippen LogP contribution in [-0.4, -0.2) is 19.9 Å². The smallest absolute Gasteiger partial charge is 0.213 e. The van der Waals surface area contributed by atoms with Crippen molar-refractivity contribution in [2.75, 3.05) is 5.32 Å². The maximum Gasteiger partial charge on any atom is 0.213 e. The third-order valence-electron chi connectivity index (χ3n) is 3.49. The molecule has 4 aromatic rings. The Labute approximate surface area is 137 Å². The third kappa shape index (κ3) is 2.77. The van der Waals surface area contributed by atoms with Gasteiger partial charge in [-0.3, -0.25) is 4.98 Å². The number of benzene rings is 1. The van der Waals surface area contributed by atoms with Crippen LogP contribution < -0.4 is 5.32 Å². The SMILES string of the molecule is Fc1cccc(-c2nc(Nc3ccncc3)c3ccccc3n2)n1. The lowest BCUT2D eigenvalue weighted by Crippen LogP contribution is -2.00. The minimum absolute atomic E-state index is 0.366. The molecule has 116 valence electrons. The van der Waals surface area contributed by atoms with Crippen molar-refractivity contribution in [2.45, 2.75) is 0 Å². The van der Waals surface area contributed by atoms with Gasteiger partial charge in [-0.15, -0.1) is 0 Å². The number of aromatic nitrogens is 4. The van der Waals surface area contributed by atoms with Gasteiger partial charge < -0.3 is 5.32 Å². The van der Waals surface area contributed by atoms with E-state index in [0.717, 1.165) is 16.6 Å². The molecule has 24 heavy (non-hydrogen) atoms. The van der Waals surface area contributed by atoms with E-state index in [0.29, 0.717) is 17.3 Å². The highest BCUT2D eigenvalue weighted by Gasteiger charge is 2.11. The van der Waals surface area contributed by atoms with Crippen LogP contribution in [0.4, 0.5) is 15.9 Å². The van der Waals surface area contributed by atoms with Crippen LogP contribution >= 0.6 is 0 Å². The number of halogens is 1. The van der Waals surface area contributed by atoms with Crippen molar-refractivity contribution >= 4 is 22.4 Å². The van der Waals surface area contributed by atoms with Gasteiger partial charge in [-0.1, -0.05) is 18.2 Å². The number of anilines is 2. The van der Waals surface area contributed by atoms with Crippen molar-refractivity contribution in [1.82, 2.24) is 19.9 Å². The molecule has 0 amide bonds. The maximum atomic E-state index is 13.4. The van der Waals surface area contributed by atoms with Gasteiger partial charge in [0.05, 0.1) is 5.52 Å². The second-order valence-corrected chi connectivity index (χ2v) is 5.12. The van der Waals surface area contributed by atoms with Gasteiger partial charge in [0, 0.05) is 23.5 Å². The fourth-order valence-electron chi connectivity index (χ4n) is 2.39. The van der Waals surface area contributed by atoms with E-state index in [1.54, 1.807) is 24.5 Å². The van der Waals surface area contributed by atoms with Crippen LogP contribution in [0.15, 0.2) is 67.0 Å². The highest BCUT2D eigenvalue weighted by atomic mass is 19.1. The highest BCUT2D eigenvalue weighted by molar-refractivity contribution is 5.92. The molecule has 0 saturated carbocycles. The number of pyridine rings is 2. The Kier molecular flexibility index (Phi) is 3.55. The molecule has 4 rings (SSSR count). The molecule has 5 nitrogen and oxygen atoms in total. The van der Waals surface area contributed by atoms with E-state index in [4.69, 9.17) is 0 Å². The first kappa shape index (κ1) is 14.2. The summed E-state index contributed by atoms with van der Waals surface area (Å²) in [6.07, 6.45) is 3.39. The van der Waals surface area contributed by atoms with Crippen molar-refractivity contribution < 1.29 is 4.39 Å². The van der Waals surface area contributed by atoms with Gasteiger partial charge in [0.25, 0.3) is 0 Å². The second-order valence-electron chi connectivity index (χ2n) is 5.12. The van der Waals surface area contributed by atoms with Gasteiger partial charge in [0.1, 0.15) is 11.5 Å². The molecular formula is C18H12FN5. The lowest BCUT2D eigenvalue weighted by molar-refractivity contribution is 0.585. The summed E-state index contributed by atoms with van der Waals surface area (Å²) in [6.45, 7) is 0. The van der Waals surface area contributed by atoms with Crippen molar-refractivity contribution in [3.05, 3.63) is 72.9 Å². The van der Waals surface area contributed by atoms with Crippen molar-refractivity contribution in [2.24, 2.45) is 0 Å². The Morgan fingerprint density at radius 1 is 0.792 bits per heavy atom. The average molecular weight is 317 g/mol. The normalized spacial score (nSPS) is 10.7. The molecule has 1 N–H and O–H groups in total. The number of hydrogen-bond acceptors (Lipinski definition) is 5. The molecule has 0 aliphatic heterocycles. The van der Waals surface area contributed by atoms with Crippen LogP contribution in [0, 0.1) is 5.95 Å². The average Bonchev–Trinajstić information content (AvgIpc) is 2.62. The molecule has 0 saturated heterocycles. The summed E-state index contributed by atoms with van der Waals surface area (Å²) < 4.78 is 13.4. The number of fused-ring (bicyclic) bond motifs is 1. The molecule has 0 fully saturated rings. The lowest BCUT2D eigenvalue weighted by atomic mass is 10.2. The Morgan fingerprint density at radius 2 is 1.62 bits per heavy atom. The van der Waals surface area contributed by atoms with Gasteiger partial charge >= 0.3 is 0 Å². The van der Waals surface area contributed by atoms with Crippen LogP contribution in [0.5, 0.6) is 0 Å². The summed E-state index contributed by atoms with van der Waals surface area (Å²) in [6, 6.07) is 15.9. The molecule has 3 heterocycles. The van der Waals surface area contributed by atoms with Crippen LogP contribution in [0.3, 0.4) is 0 Å². The molecule has 1 aromatic carbocycles. The quantitative estimate of drug-likeness (QED) is 0.579. The number of rotatable bonds is 3. The number of nitrogens with zero attached hydrogens (tertiary/aromatic N) is 4. The van der Waals surface area contributed by atoms with Gasteiger partial charge in [0.2, 0.25) is 5.95 Å². The Balaban J connectivity index is 1.88. The van der Waals surface area contributed by atoms with E-state index >= 15 is 0 Å². The monoisotopic (exact) mass is 317 g/mol. The predicted molar refractivity (Wildman–Crippen MR) is 90.2 cm³/mol. The van der Waals surface area contributed by atoms with E-state index in [1.165, 1.54) is 6.07 Å². The van der Waals surface area contributed by atoms with Crippen LogP contribution in [0.25, 0.3) is 22.4 Å². The minimum atomic E-state index is -0.562. The first-order chi connectivity index (χ1) is 11.8. The fourth-order valence-corrected chi connectivity index (χ4v) is 2.39. The first-order valence-corrected chi connectivity index (χ1v) is 7.36. The van der Waals surface area contributed by atoms with Crippen molar-refractivity contribution in [1.29, 1.82) is 0 Å². The Hall–Kier alpha value is -3.41. The molecule has 3 aromatic heterocycles. The van der Waals surface area contributed by atoms with Crippen LogP contribution in [0.1, 0.15) is 0 Å². The zero-order valence-electron chi connectivity index (χ0n) is 12.5. The Morgan fingerprint density at radius 3 is 2.46 bits per heavy atom. The Bertz CT molecular complexity index is 1000. The molecule has 0 bridgehead atoms. The second kappa shape index (κ2) is 6.00. The zero-order valence-corrected chi connectivity index (χ0v) is 12.5. The topological polar surface area (TPSA) is 63.6 Å². The van der Waals surface area contributed by atoms with E-state index < -0.39 is 5.95 Å². The maximum absolute atomic E-state index is 13.4. The summed E-state index contributed by atoms with van der Waals surface area (Å²) in [7, 11) is 0. The summed E-state index contributed by atoms with van der Waals surface area (Å²) in [5.41, 5.74) is 2.00. The van der Waals surface area contributed by atoms with Crippen molar-refractivity contribution in [3.8, 4) is 11.5 Å². The minimum Gasteiger partial charge on any atom is -0.340 e. The van der Waals surface area contributed by atoms with Gasteiger partial charge in [-0.25, -0.2) is 15.0 Å². The standard InChI is InChI=1S/C18H12FN5/c19-16-7-3-6-15(22-16)18-23-14-5-2-1-4-13(14)17(24-18)21-12-8-10-20-11-9-12/h1-11H,(H,20,21,23,24). The lowest BCUT2D eigenvalue weighted by Gasteiger charge is -2.10. The van der Waals surface area contributed by atoms with E-state index in [2.05, 4.69) is 25.3 Å². The number of para-hydroxylation sites is 1. The number of hydrogen-bond donors (Lipinski definition) is 1. The van der Waals surface area contributed by atoms with E-state index in [1.807, 2.05) is 36.4 Å². The third-order valence-corrected chi connectivity index (χ3v) is 3.49. The first-order valence-electron chi connectivity index (χ1n) is 7.36. The van der Waals surface area contributed by atoms with Crippen LogP contribution in [0.2, 0.25) is 0 Å². The van der Waals surface area contributed by atoms with Gasteiger partial charge in [0.15, 0.2) is 5.82 Å². The van der Waals surface area contributed by atoms with Gasteiger partial charge in [-0.2, -0.15) is 4.39 Å². The zero-order chi connectivity index (χ0) is 16.4. The van der Waals surface area contributed by atoms with E-state index in [-0.39, 0.29) is 0 Å². The molecule has 6 heteroatoms. The molecule has 0 radical (unpaired) electrons. The van der Waals surface area contributed by atoms with Crippen LogP contribution in [-0.2, 0) is 0 Å². The largest absolute Gasteiger partial charge is 0.340 e. The molecule has 0 unspecified atom stereocenters. The molecule has 0 spiro atoms. The molecule has 0 aliphatic rings. The predicted octanol–water partition coefficient (Wildman–Crippen LogP) is 3.97. The highest BCUT2D eigenvalue weighted by Crippen LogP contribution is 2.26. The molecular weight excluding hydrogens is 305 g/mol. The summed E-state index contributed by atoms with van der Waals surface area (Å²) in [5, 5.41) is 4.13. The van der Waals surface area contributed by atoms with E-state index in [9.17, 15) is 4.39 Å². The fraction of sp³-hybridized carbons (Fsp3) is 0. The summed E-state index contributed by atoms with van der Waals surface area (Å²) >= 11 is 0. The summed E-state index contributed by atoms with van der Waals surface area (Å²) in [4.78, 5) is 16.9. The summed E-state index contributed by atoms with van der Waals surface area (Å²) in [5.74, 6) is 0.436.